The van der Waals surface area contributed by atoms with Gasteiger partial charge in [0.2, 0.25) is 0 Å². The lowest BCUT2D eigenvalue weighted by Gasteiger charge is -2.19. The Bertz CT molecular complexity index is 1110. The number of esters is 1. The third-order valence-electron chi connectivity index (χ3n) is 4.87. The number of hydrogen-bond acceptors (Lipinski definition) is 4. The van der Waals surface area contributed by atoms with E-state index in [4.69, 9.17) is 4.74 Å². The monoisotopic (exact) mass is 429 g/mol. The summed E-state index contributed by atoms with van der Waals surface area (Å²) in [5.74, 6) is -0.831. The molecule has 0 unspecified atom stereocenters. The number of hydrogen-bond donors (Lipinski definition) is 1. The van der Waals surface area contributed by atoms with E-state index in [1.54, 1.807) is 36.4 Å². The molecule has 3 aromatic carbocycles. The summed E-state index contributed by atoms with van der Waals surface area (Å²) in [6, 6.07) is 21.2. The van der Waals surface area contributed by atoms with E-state index in [-0.39, 0.29) is 23.5 Å². The molecular weight excluding hydrogens is 402 g/mol. The van der Waals surface area contributed by atoms with E-state index in [0.717, 1.165) is 11.8 Å². The van der Waals surface area contributed by atoms with Gasteiger partial charge in [0.25, 0.3) is 5.91 Å². The van der Waals surface area contributed by atoms with Crippen molar-refractivity contribution in [3.63, 3.8) is 0 Å². The second-order valence-corrected chi connectivity index (χ2v) is 8.77. The summed E-state index contributed by atoms with van der Waals surface area (Å²) in [6.45, 7) is 6.68. The SMILES string of the molecule is CC(C)(C)CNC(=O)c1ccc(-c2ccccc2C=O)c(C(=O)OCc2ccccc2)c1. The van der Waals surface area contributed by atoms with Crippen LogP contribution in [0.25, 0.3) is 11.1 Å². The van der Waals surface area contributed by atoms with Gasteiger partial charge in [-0.1, -0.05) is 81.4 Å². The van der Waals surface area contributed by atoms with E-state index in [0.29, 0.717) is 28.8 Å². The first-order valence-electron chi connectivity index (χ1n) is 10.5. The molecule has 0 bridgehead atoms. The van der Waals surface area contributed by atoms with Gasteiger partial charge in [0.1, 0.15) is 6.61 Å². The Hall–Kier alpha value is -3.73. The molecule has 0 atom stereocenters. The summed E-state index contributed by atoms with van der Waals surface area (Å²) in [6.07, 6.45) is 0.748. The van der Waals surface area contributed by atoms with E-state index in [2.05, 4.69) is 5.32 Å². The van der Waals surface area contributed by atoms with Crippen molar-refractivity contribution in [1.82, 2.24) is 5.32 Å². The fourth-order valence-electron chi connectivity index (χ4n) is 3.18. The van der Waals surface area contributed by atoms with Crippen LogP contribution in [0, 0.1) is 5.41 Å². The molecule has 0 saturated heterocycles. The molecule has 0 fully saturated rings. The van der Waals surface area contributed by atoms with E-state index in [9.17, 15) is 14.4 Å². The molecule has 1 N–H and O–H groups in total. The minimum absolute atomic E-state index is 0.0735. The van der Waals surface area contributed by atoms with E-state index < -0.39 is 5.97 Å². The largest absolute Gasteiger partial charge is 0.457 e. The van der Waals surface area contributed by atoms with Gasteiger partial charge in [-0.2, -0.15) is 0 Å². The van der Waals surface area contributed by atoms with Crippen LogP contribution < -0.4 is 5.32 Å². The fraction of sp³-hybridized carbons (Fsp3) is 0.222. The Kier molecular flexibility index (Phi) is 7.21. The molecule has 3 rings (SSSR count). The maximum absolute atomic E-state index is 13.1. The Balaban J connectivity index is 1.96. The standard InChI is InChI=1S/C27H27NO4/c1-27(2,3)18-28-25(30)20-13-14-23(22-12-8-7-11-21(22)16-29)24(15-20)26(31)32-17-19-9-5-4-6-10-19/h4-16H,17-18H2,1-3H3,(H,28,30). The van der Waals surface area contributed by atoms with Crippen molar-refractivity contribution in [3.8, 4) is 11.1 Å². The van der Waals surface area contributed by atoms with Crippen molar-refractivity contribution in [2.45, 2.75) is 27.4 Å². The van der Waals surface area contributed by atoms with E-state index >= 15 is 0 Å². The summed E-state index contributed by atoms with van der Waals surface area (Å²) < 4.78 is 5.54. The Morgan fingerprint density at radius 1 is 0.906 bits per heavy atom. The quantitative estimate of drug-likeness (QED) is 0.409. The van der Waals surface area contributed by atoms with Gasteiger partial charge in [-0.3, -0.25) is 9.59 Å². The Morgan fingerprint density at radius 2 is 1.59 bits per heavy atom. The highest BCUT2D eigenvalue weighted by atomic mass is 16.5. The van der Waals surface area contributed by atoms with Crippen LogP contribution in [0.1, 0.15) is 57.4 Å². The van der Waals surface area contributed by atoms with Crippen molar-refractivity contribution < 1.29 is 19.1 Å². The summed E-state index contributed by atoms with van der Waals surface area (Å²) >= 11 is 0. The molecule has 0 aliphatic rings. The van der Waals surface area contributed by atoms with Crippen molar-refractivity contribution in [2.24, 2.45) is 5.41 Å². The molecule has 1 amide bonds. The molecule has 0 aromatic heterocycles. The summed E-state index contributed by atoms with van der Waals surface area (Å²) in [7, 11) is 0. The molecule has 3 aromatic rings. The van der Waals surface area contributed by atoms with Crippen LogP contribution in [0.15, 0.2) is 72.8 Å². The first-order valence-corrected chi connectivity index (χ1v) is 10.5. The number of amides is 1. The van der Waals surface area contributed by atoms with Crippen LogP contribution in [0.3, 0.4) is 0 Å². The minimum atomic E-state index is -0.560. The normalized spacial score (nSPS) is 11.0. The van der Waals surface area contributed by atoms with Gasteiger partial charge in [0.15, 0.2) is 6.29 Å². The van der Waals surface area contributed by atoms with Crippen LogP contribution >= 0.6 is 0 Å². The van der Waals surface area contributed by atoms with E-state index in [1.807, 2.05) is 51.1 Å². The Morgan fingerprint density at radius 3 is 2.28 bits per heavy atom. The van der Waals surface area contributed by atoms with Gasteiger partial charge < -0.3 is 10.1 Å². The third-order valence-corrected chi connectivity index (χ3v) is 4.87. The molecule has 164 valence electrons. The second kappa shape index (κ2) is 10.1. The number of ether oxygens (including phenoxy) is 1. The molecule has 0 heterocycles. The van der Waals surface area contributed by atoms with Crippen LogP contribution in [0.4, 0.5) is 0 Å². The lowest BCUT2D eigenvalue weighted by atomic mass is 9.93. The number of rotatable bonds is 7. The molecule has 0 spiro atoms. The first kappa shape index (κ1) is 22.9. The minimum Gasteiger partial charge on any atom is -0.457 e. The second-order valence-electron chi connectivity index (χ2n) is 8.77. The summed E-state index contributed by atoms with van der Waals surface area (Å²) in [5.41, 5.74) is 2.97. The summed E-state index contributed by atoms with van der Waals surface area (Å²) in [4.78, 5) is 37.3. The van der Waals surface area contributed by atoms with Crippen LogP contribution in [-0.2, 0) is 11.3 Å². The highest BCUT2D eigenvalue weighted by Gasteiger charge is 2.20. The van der Waals surface area contributed by atoms with Gasteiger partial charge in [-0.05, 0) is 34.2 Å². The maximum Gasteiger partial charge on any atom is 0.339 e. The average Bonchev–Trinajstić information content (AvgIpc) is 2.80. The van der Waals surface area contributed by atoms with Crippen LogP contribution in [0.5, 0.6) is 0 Å². The third kappa shape index (κ3) is 5.91. The zero-order valence-corrected chi connectivity index (χ0v) is 18.6. The van der Waals surface area contributed by atoms with Gasteiger partial charge in [0, 0.05) is 17.7 Å². The Labute approximate surface area is 188 Å². The smallest absolute Gasteiger partial charge is 0.339 e. The van der Waals surface area contributed by atoms with Crippen molar-refractivity contribution >= 4 is 18.2 Å². The molecule has 32 heavy (non-hydrogen) atoms. The van der Waals surface area contributed by atoms with Gasteiger partial charge in [0.05, 0.1) is 5.56 Å². The topological polar surface area (TPSA) is 72.5 Å². The van der Waals surface area contributed by atoms with Gasteiger partial charge in [-0.15, -0.1) is 0 Å². The molecule has 0 radical (unpaired) electrons. The van der Waals surface area contributed by atoms with Gasteiger partial charge in [-0.25, -0.2) is 4.79 Å². The number of nitrogens with one attached hydrogen (secondary N) is 1. The van der Waals surface area contributed by atoms with Gasteiger partial charge >= 0.3 is 5.97 Å². The molecule has 5 nitrogen and oxygen atoms in total. The van der Waals surface area contributed by atoms with E-state index in [1.165, 1.54) is 6.07 Å². The van der Waals surface area contributed by atoms with Crippen molar-refractivity contribution in [3.05, 3.63) is 95.1 Å². The molecule has 0 aliphatic carbocycles. The van der Waals surface area contributed by atoms with Crippen molar-refractivity contribution in [1.29, 1.82) is 0 Å². The first-order chi connectivity index (χ1) is 15.3. The zero-order chi connectivity index (χ0) is 23.1. The number of aldehydes is 1. The zero-order valence-electron chi connectivity index (χ0n) is 18.6. The average molecular weight is 430 g/mol. The molecule has 0 saturated carbocycles. The maximum atomic E-state index is 13.1. The number of carbonyl (C=O) groups excluding carboxylic acids is 3. The summed E-state index contributed by atoms with van der Waals surface area (Å²) in [5, 5.41) is 2.90. The lowest BCUT2D eigenvalue weighted by Crippen LogP contribution is -2.32. The molecule has 0 aliphatic heterocycles. The highest BCUT2D eigenvalue weighted by Crippen LogP contribution is 2.28. The number of carbonyl (C=O) groups is 3. The molecular formula is C27H27NO4. The fourth-order valence-corrected chi connectivity index (χ4v) is 3.18. The number of benzene rings is 3. The van der Waals surface area contributed by atoms with Crippen LogP contribution in [-0.4, -0.2) is 24.7 Å². The highest BCUT2D eigenvalue weighted by molar-refractivity contribution is 6.03. The predicted molar refractivity (Wildman–Crippen MR) is 125 cm³/mol. The lowest BCUT2D eigenvalue weighted by molar-refractivity contribution is 0.0473. The van der Waals surface area contributed by atoms with Crippen molar-refractivity contribution in [2.75, 3.05) is 6.54 Å². The predicted octanol–water partition coefficient (Wildman–Crippen LogP) is 5.30. The van der Waals surface area contributed by atoms with Crippen LogP contribution in [0.2, 0.25) is 0 Å². The molecule has 5 heteroatoms.